The van der Waals surface area contributed by atoms with Crippen molar-refractivity contribution in [3.8, 4) is 0 Å². The van der Waals surface area contributed by atoms with Gasteiger partial charge in [0.25, 0.3) is 17.4 Å². The van der Waals surface area contributed by atoms with E-state index in [1.165, 1.54) is 15.8 Å². The van der Waals surface area contributed by atoms with Crippen molar-refractivity contribution in [3.05, 3.63) is 57.9 Å². The van der Waals surface area contributed by atoms with Crippen molar-refractivity contribution >= 4 is 23.0 Å². The number of ether oxygens (including phenoxy) is 1. The Morgan fingerprint density at radius 1 is 1.12 bits per heavy atom. The van der Waals surface area contributed by atoms with Gasteiger partial charge in [0, 0.05) is 19.6 Å². The molecule has 4 heterocycles. The third-order valence-electron chi connectivity index (χ3n) is 5.90. The minimum atomic E-state index is -1.27. The molecule has 4 N–H and O–H groups in total. The number of carbonyl (C=O) groups is 2. The van der Waals surface area contributed by atoms with E-state index in [0.29, 0.717) is 17.0 Å². The number of nitrogens with one attached hydrogen (secondary N) is 2. The molecule has 3 aromatic rings. The van der Waals surface area contributed by atoms with Crippen LogP contribution < -0.4 is 10.9 Å². The number of fused-ring (bicyclic) bond motifs is 2. The average molecular weight is 454 g/mol. The highest BCUT2D eigenvalue weighted by molar-refractivity contribution is 6.21. The largest absolute Gasteiger partial charge is 0.387 e. The highest BCUT2D eigenvalue weighted by atomic mass is 16.6. The summed E-state index contributed by atoms with van der Waals surface area (Å²) in [6.07, 6.45) is -2.89. The topological polar surface area (TPSA) is 163 Å². The van der Waals surface area contributed by atoms with Crippen LogP contribution in [0.1, 0.15) is 32.8 Å². The Labute approximate surface area is 186 Å². The van der Waals surface area contributed by atoms with Gasteiger partial charge < -0.3 is 25.3 Å². The zero-order valence-corrected chi connectivity index (χ0v) is 17.6. The van der Waals surface area contributed by atoms with Gasteiger partial charge in [-0.1, -0.05) is 12.1 Å². The van der Waals surface area contributed by atoms with Crippen LogP contribution in [0.4, 0.5) is 0 Å². The summed E-state index contributed by atoms with van der Waals surface area (Å²) in [5.74, 6) is -0.293. The third kappa shape index (κ3) is 3.53. The molecule has 12 nitrogen and oxygen atoms in total. The number of aromatic nitrogens is 4. The van der Waals surface area contributed by atoms with E-state index < -0.39 is 30.1 Å². The van der Waals surface area contributed by atoms with Gasteiger partial charge >= 0.3 is 0 Å². The molecule has 2 amide bonds. The van der Waals surface area contributed by atoms with Gasteiger partial charge in [0.1, 0.15) is 24.1 Å². The standard InChI is InChI=1S/C21H22N6O6/c1-10-24-17-14(18(30)25-10)23-9-27(17)21-16(29)15(28)13(33-21)8-22-6-7-26-19(31)11-4-2-3-5-12(11)20(26)32/h2-5,9,13,15-16,21-22,28-29H,6-8H2,1H3,(H,24,25,30)/t13-,15?,16+,21-/m1/s1. The van der Waals surface area contributed by atoms with Gasteiger partial charge in [-0.25, -0.2) is 9.97 Å². The monoisotopic (exact) mass is 454 g/mol. The van der Waals surface area contributed by atoms with Gasteiger partial charge in [-0.15, -0.1) is 0 Å². The van der Waals surface area contributed by atoms with Crippen LogP contribution in [-0.4, -0.2) is 84.4 Å². The first-order valence-electron chi connectivity index (χ1n) is 10.5. The fraction of sp³-hybridized carbons (Fsp3) is 0.381. The first-order valence-corrected chi connectivity index (χ1v) is 10.5. The molecule has 33 heavy (non-hydrogen) atoms. The van der Waals surface area contributed by atoms with Crippen LogP contribution >= 0.6 is 0 Å². The average Bonchev–Trinajstić information content (AvgIpc) is 3.41. The van der Waals surface area contributed by atoms with Crippen LogP contribution in [0.15, 0.2) is 35.4 Å². The quantitative estimate of drug-likeness (QED) is 0.268. The number of amides is 2. The lowest BCUT2D eigenvalue weighted by atomic mass is 10.1. The van der Waals surface area contributed by atoms with Crippen LogP contribution in [0.5, 0.6) is 0 Å². The maximum atomic E-state index is 12.4. The van der Waals surface area contributed by atoms with E-state index in [1.54, 1.807) is 31.2 Å². The minimum Gasteiger partial charge on any atom is -0.387 e. The fourth-order valence-electron chi connectivity index (χ4n) is 4.23. The Morgan fingerprint density at radius 3 is 2.52 bits per heavy atom. The van der Waals surface area contributed by atoms with Crippen LogP contribution in [0.2, 0.25) is 0 Å². The van der Waals surface area contributed by atoms with Crippen molar-refractivity contribution in [2.75, 3.05) is 19.6 Å². The SMILES string of the molecule is Cc1nc2c(ncn2[C@@H]2O[C@H](CNCCN3C(=O)c4ccccc4C3=O)C(O)[C@@H]2O)c(=O)[nH]1. The normalized spacial score (nSPS) is 24.8. The molecule has 172 valence electrons. The Bertz CT molecular complexity index is 1270. The molecule has 5 rings (SSSR count). The van der Waals surface area contributed by atoms with Crippen molar-refractivity contribution in [1.29, 1.82) is 0 Å². The van der Waals surface area contributed by atoms with Gasteiger partial charge in [0.15, 0.2) is 17.4 Å². The molecule has 2 aliphatic heterocycles. The lowest BCUT2D eigenvalue weighted by molar-refractivity contribution is -0.0341. The number of benzene rings is 1. The molecule has 1 fully saturated rings. The zero-order valence-electron chi connectivity index (χ0n) is 17.6. The minimum absolute atomic E-state index is 0.105. The molecule has 0 bridgehead atoms. The predicted molar refractivity (Wildman–Crippen MR) is 113 cm³/mol. The Kier molecular flexibility index (Phi) is 5.29. The molecule has 0 spiro atoms. The van der Waals surface area contributed by atoms with Gasteiger partial charge in [-0.3, -0.25) is 23.9 Å². The number of hydrogen-bond acceptors (Lipinski definition) is 9. The second-order valence-corrected chi connectivity index (χ2v) is 8.03. The molecule has 0 aliphatic carbocycles. The van der Waals surface area contributed by atoms with E-state index in [0.717, 1.165) is 0 Å². The molecule has 0 radical (unpaired) electrons. The van der Waals surface area contributed by atoms with E-state index in [9.17, 15) is 24.6 Å². The third-order valence-corrected chi connectivity index (χ3v) is 5.90. The lowest BCUT2D eigenvalue weighted by Gasteiger charge is -2.18. The Morgan fingerprint density at radius 2 is 1.82 bits per heavy atom. The maximum Gasteiger partial charge on any atom is 0.279 e. The van der Waals surface area contributed by atoms with E-state index >= 15 is 0 Å². The second-order valence-electron chi connectivity index (χ2n) is 8.03. The number of aliphatic hydroxyl groups is 2. The second kappa shape index (κ2) is 8.15. The molecule has 1 saturated heterocycles. The van der Waals surface area contributed by atoms with Gasteiger partial charge in [-0.2, -0.15) is 0 Å². The number of rotatable bonds is 6. The van der Waals surface area contributed by atoms with E-state index in [2.05, 4.69) is 20.3 Å². The number of nitrogens with zero attached hydrogens (tertiary/aromatic N) is 4. The molecule has 4 atom stereocenters. The fourth-order valence-corrected chi connectivity index (χ4v) is 4.23. The van der Waals surface area contributed by atoms with E-state index in [4.69, 9.17) is 4.74 Å². The van der Waals surface area contributed by atoms with Crippen molar-refractivity contribution in [2.24, 2.45) is 0 Å². The smallest absolute Gasteiger partial charge is 0.279 e. The maximum absolute atomic E-state index is 12.4. The number of carbonyl (C=O) groups excluding carboxylic acids is 2. The summed E-state index contributed by atoms with van der Waals surface area (Å²) in [4.78, 5) is 48.9. The highest BCUT2D eigenvalue weighted by Gasteiger charge is 2.44. The van der Waals surface area contributed by atoms with Crippen molar-refractivity contribution in [1.82, 2.24) is 29.7 Å². The number of aromatic amines is 1. The summed E-state index contributed by atoms with van der Waals surface area (Å²) in [5, 5.41) is 24.1. The Hall–Kier alpha value is -3.45. The van der Waals surface area contributed by atoms with Crippen LogP contribution in [-0.2, 0) is 4.74 Å². The van der Waals surface area contributed by atoms with Crippen LogP contribution in [0, 0.1) is 6.92 Å². The molecule has 1 unspecified atom stereocenters. The van der Waals surface area contributed by atoms with Crippen LogP contribution in [0.3, 0.4) is 0 Å². The van der Waals surface area contributed by atoms with Gasteiger partial charge in [0.05, 0.1) is 17.5 Å². The summed E-state index contributed by atoms with van der Waals surface area (Å²) >= 11 is 0. The van der Waals surface area contributed by atoms with Crippen LogP contribution in [0.25, 0.3) is 11.2 Å². The van der Waals surface area contributed by atoms with Gasteiger partial charge in [0.2, 0.25) is 0 Å². The predicted octanol–water partition coefficient (Wildman–Crippen LogP) is -1.07. The molecule has 2 aliphatic rings. The highest BCUT2D eigenvalue weighted by Crippen LogP contribution is 2.30. The molecule has 0 saturated carbocycles. The van der Waals surface area contributed by atoms with Gasteiger partial charge in [-0.05, 0) is 19.1 Å². The molecule has 1 aromatic carbocycles. The molecular weight excluding hydrogens is 432 g/mol. The number of imide groups is 1. The van der Waals surface area contributed by atoms with Crippen molar-refractivity contribution in [2.45, 2.75) is 31.5 Å². The van der Waals surface area contributed by atoms with E-state index in [1.807, 2.05) is 0 Å². The number of hydrogen-bond donors (Lipinski definition) is 4. The Balaban J connectivity index is 1.21. The van der Waals surface area contributed by atoms with Crippen molar-refractivity contribution < 1.29 is 24.5 Å². The molecule has 2 aromatic heterocycles. The molecule has 12 heteroatoms. The number of H-pyrrole nitrogens is 1. The summed E-state index contributed by atoms with van der Waals surface area (Å²) < 4.78 is 7.26. The first-order chi connectivity index (χ1) is 15.9. The number of aryl methyl sites for hydroxylation is 1. The summed E-state index contributed by atoms with van der Waals surface area (Å²) in [6, 6.07) is 6.67. The zero-order chi connectivity index (χ0) is 23.3. The summed E-state index contributed by atoms with van der Waals surface area (Å²) in [5.41, 5.74) is 0.715. The summed E-state index contributed by atoms with van der Waals surface area (Å²) in [6.45, 7) is 2.22. The van der Waals surface area contributed by atoms with E-state index in [-0.39, 0.29) is 42.6 Å². The number of imidazole rings is 1. The first kappa shape index (κ1) is 21.4. The summed E-state index contributed by atoms with van der Waals surface area (Å²) in [7, 11) is 0. The number of aliphatic hydroxyl groups excluding tert-OH is 2. The lowest BCUT2D eigenvalue weighted by Crippen LogP contribution is -2.41. The molecular formula is C21H22N6O6. The van der Waals surface area contributed by atoms with Crippen molar-refractivity contribution in [3.63, 3.8) is 0 Å².